The SMILES string of the molecule is CN(CC(=O)O)C1CCCN(Cc2cnn(-c3ccccc3)n2)CC1. The molecule has 3 rings (SSSR count). The van der Waals surface area contributed by atoms with E-state index < -0.39 is 5.97 Å². The van der Waals surface area contributed by atoms with E-state index in [1.165, 1.54) is 0 Å². The van der Waals surface area contributed by atoms with Crippen LogP contribution in [0, 0.1) is 0 Å². The van der Waals surface area contributed by atoms with Gasteiger partial charge in [0.2, 0.25) is 0 Å². The molecule has 25 heavy (non-hydrogen) atoms. The highest BCUT2D eigenvalue weighted by molar-refractivity contribution is 5.69. The molecule has 1 aliphatic heterocycles. The molecule has 2 aromatic rings. The summed E-state index contributed by atoms with van der Waals surface area (Å²) in [6, 6.07) is 10.2. The van der Waals surface area contributed by atoms with Crippen molar-refractivity contribution in [3.8, 4) is 5.69 Å². The molecule has 1 aromatic carbocycles. The van der Waals surface area contributed by atoms with Crippen molar-refractivity contribution in [3.05, 3.63) is 42.2 Å². The normalized spacial score (nSPS) is 19.0. The molecule has 1 aliphatic rings. The number of likely N-dealkylation sites (N-methyl/N-ethyl adjacent to an activating group) is 1. The maximum atomic E-state index is 10.9. The lowest BCUT2D eigenvalue weighted by Crippen LogP contribution is -2.36. The Morgan fingerprint density at radius 1 is 1.28 bits per heavy atom. The molecule has 0 saturated carbocycles. The van der Waals surface area contributed by atoms with Gasteiger partial charge >= 0.3 is 5.97 Å². The van der Waals surface area contributed by atoms with Crippen LogP contribution in [-0.4, -0.2) is 68.6 Å². The molecule has 2 heterocycles. The standard InChI is InChI=1S/C18H25N5O2/c1-21(14-18(24)25)16-8-5-10-22(11-9-16)13-15-12-19-23(20-15)17-6-3-2-4-7-17/h2-4,6-7,12,16H,5,8-11,13-14H2,1H3,(H,24,25). The molecule has 0 aliphatic carbocycles. The Morgan fingerprint density at radius 2 is 2.08 bits per heavy atom. The molecule has 0 bridgehead atoms. The second-order valence-corrected chi connectivity index (χ2v) is 6.63. The van der Waals surface area contributed by atoms with Gasteiger partial charge in [-0.25, -0.2) is 0 Å². The zero-order valence-corrected chi connectivity index (χ0v) is 14.6. The van der Waals surface area contributed by atoms with E-state index in [1.54, 1.807) is 4.80 Å². The Labute approximate surface area is 147 Å². The van der Waals surface area contributed by atoms with E-state index >= 15 is 0 Å². The Kier molecular flexibility index (Phi) is 5.78. The number of benzene rings is 1. The van der Waals surface area contributed by atoms with Gasteiger partial charge in [-0.2, -0.15) is 15.0 Å². The number of rotatable bonds is 6. The molecule has 1 saturated heterocycles. The van der Waals surface area contributed by atoms with E-state index in [2.05, 4.69) is 15.1 Å². The quantitative estimate of drug-likeness (QED) is 0.859. The number of likely N-dealkylation sites (tertiary alicyclic amines) is 1. The monoisotopic (exact) mass is 343 g/mol. The molecule has 1 unspecified atom stereocenters. The number of nitrogens with zero attached hydrogens (tertiary/aromatic N) is 5. The van der Waals surface area contributed by atoms with Crippen LogP contribution in [-0.2, 0) is 11.3 Å². The maximum Gasteiger partial charge on any atom is 0.317 e. The van der Waals surface area contributed by atoms with Crippen molar-refractivity contribution in [1.82, 2.24) is 24.8 Å². The first-order valence-corrected chi connectivity index (χ1v) is 8.73. The van der Waals surface area contributed by atoms with Crippen molar-refractivity contribution in [3.63, 3.8) is 0 Å². The summed E-state index contributed by atoms with van der Waals surface area (Å²) < 4.78 is 0. The van der Waals surface area contributed by atoms with E-state index in [0.717, 1.165) is 50.3 Å². The van der Waals surface area contributed by atoms with Gasteiger partial charge in [-0.05, 0) is 45.0 Å². The highest BCUT2D eigenvalue weighted by atomic mass is 16.4. The molecule has 1 aromatic heterocycles. The van der Waals surface area contributed by atoms with Crippen molar-refractivity contribution < 1.29 is 9.90 Å². The molecule has 7 nitrogen and oxygen atoms in total. The van der Waals surface area contributed by atoms with Gasteiger partial charge in [0.25, 0.3) is 0 Å². The molecule has 0 radical (unpaired) electrons. The Hall–Kier alpha value is -2.25. The minimum absolute atomic E-state index is 0.107. The van der Waals surface area contributed by atoms with Crippen LogP contribution < -0.4 is 0 Å². The van der Waals surface area contributed by atoms with E-state index in [9.17, 15) is 4.79 Å². The third-order valence-corrected chi connectivity index (χ3v) is 4.71. The molecule has 1 N–H and O–H groups in total. The van der Waals surface area contributed by atoms with Crippen molar-refractivity contribution >= 4 is 5.97 Å². The van der Waals surface area contributed by atoms with Crippen LogP contribution >= 0.6 is 0 Å². The van der Waals surface area contributed by atoms with Gasteiger partial charge in [-0.1, -0.05) is 18.2 Å². The summed E-state index contributed by atoms with van der Waals surface area (Å²) in [6.45, 7) is 2.85. The highest BCUT2D eigenvalue weighted by Crippen LogP contribution is 2.17. The number of aliphatic carboxylic acids is 1. The highest BCUT2D eigenvalue weighted by Gasteiger charge is 2.22. The number of hydrogen-bond donors (Lipinski definition) is 1. The molecule has 0 amide bonds. The van der Waals surface area contributed by atoms with Crippen LogP contribution in [0.3, 0.4) is 0 Å². The molecule has 0 spiro atoms. The lowest BCUT2D eigenvalue weighted by Gasteiger charge is -2.25. The topological polar surface area (TPSA) is 74.5 Å². The van der Waals surface area contributed by atoms with Crippen LogP contribution in [0.4, 0.5) is 0 Å². The summed E-state index contributed by atoms with van der Waals surface area (Å²) in [4.78, 5) is 16.9. The van der Waals surface area contributed by atoms with E-state index in [1.807, 2.05) is 48.5 Å². The number of para-hydroxylation sites is 1. The number of hydrogen-bond acceptors (Lipinski definition) is 5. The van der Waals surface area contributed by atoms with Crippen LogP contribution in [0.25, 0.3) is 5.69 Å². The average molecular weight is 343 g/mol. The average Bonchev–Trinajstić information content (AvgIpc) is 2.93. The number of aromatic nitrogens is 3. The van der Waals surface area contributed by atoms with Crippen molar-refractivity contribution in [2.24, 2.45) is 0 Å². The van der Waals surface area contributed by atoms with Gasteiger partial charge < -0.3 is 5.11 Å². The molecule has 7 heteroatoms. The first kappa shape index (κ1) is 17.6. The van der Waals surface area contributed by atoms with Crippen LogP contribution in [0.1, 0.15) is 25.0 Å². The summed E-state index contributed by atoms with van der Waals surface area (Å²) >= 11 is 0. The van der Waals surface area contributed by atoms with Crippen LogP contribution in [0.15, 0.2) is 36.5 Å². The maximum absolute atomic E-state index is 10.9. The summed E-state index contributed by atoms with van der Waals surface area (Å²) in [6.07, 6.45) is 4.92. The second-order valence-electron chi connectivity index (χ2n) is 6.63. The fraction of sp³-hybridized carbons (Fsp3) is 0.500. The van der Waals surface area contributed by atoms with Gasteiger partial charge in [0, 0.05) is 19.1 Å². The minimum atomic E-state index is -0.763. The van der Waals surface area contributed by atoms with Crippen molar-refractivity contribution in [1.29, 1.82) is 0 Å². The van der Waals surface area contributed by atoms with E-state index in [-0.39, 0.29) is 6.54 Å². The summed E-state index contributed by atoms with van der Waals surface area (Å²) in [7, 11) is 1.90. The number of carbonyl (C=O) groups is 1. The summed E-state index contributed by atoms with van der Waals surface area (Å²) in [5.41, 5.74) is 1.92. The van der Waals surface area contributed by atoms with Gasteiger partial charge in [0.15, 0.2) is 0 Å². The van der Waals surface area contributed by atoms with Crippen molar-refractivity contribution in [2.45, 2.75) is 31.8 Å². The lowest BCUT2D eigenvalue weighted by atomic mass is 10.1. The third kappa shape index (κ3) is 4.87. The second kappa shape index (κ2) is 8.22. The fourth-order valence-electron chi connectivity index (χ4n) is 3.36. The predicted octanol–water partition coefficient (Wildman–Crippen LogP) is 1.64. The smallest absolute Gasteiger partial charge is 0.317 e. The Morgan fingerprint density at radius 3 is 2.84 bits per heavy atom. The predicted molar refractivity (Wildman–Crippen MR) is 94.5 cm³/mol. The number of carboxylic acid groups (broad SMARTS) is 1. The molecule has 1 atom stereocenters. The van der Waals surface area contributed by atoms with Gasteiger partial charge in [-0.15, -0.1) is 0 Å². The zero-order valence-electron chi connectivity index (χ0n) is 14.6. The molecule has 1 fully saturated rings. The third-order valence-electron chi connectivity index (χ3n) is 4.71. The van der Waals surface area contributed by atoms with E-state index in [0.29, 0.717) is 6.04 Å². The molecule has 134 valence electrons. The lowest BCUT2D eigenvalue weighted by molar-refractivity contribution is -0.138. The Bertz CT molecular complexity index is 688. The summed E-state index contributed by atoms with van der Waals surface area (Å²) in [5, 5.41) is 17.9. The zero-order chi connectivity index (χ0) is 17.6. The molecular weight excluding hydrogens is 318 g/mol. The molecular formula is C18H25N5O2. The largest absolute Gasteiger partial charge is 0.480 e. The fourth-order valence-corrected chi connectivity index (χ4v) is 3.36. The van der Waals surface area contributed by atoms with Crippen LogP contribution in [0.5, 0.6) is 0 Å². The van der Waals surface area contributed by atoms with Gasteiger partial charge in [-0.3, -0.25) is 14.6 Å². The Balaban J connectivity index is 1.55. The number of carboxylic acids is 1. The first-order valence-electron chi connectivity index (χ1n) is 8.73. The van der Waals surface area contributed by atoms with Gasteiger partial charge in [0.1, 0.15) is 0 Å². The first-order chi connectivity index (χ1) is 12.1. The minimum Gasteiger partial charge on any atom is -0.480 e. The van der Waals surface area contributed by atoms with Gasteiger partial charge in [0.05, 0.1) is 24.1 Å². The van der Waals surface area contributed by atoms with Crippen LogP contribution in [0.2, 0.25) is 0 Å². The van der Waals surface area contributed by atoms with E-state index in [4.69, 9.17) is 5.11 Å². The van der Waals surface area contributed by atoms with Crippen molar-refractivity contribution in [2.75, 3.05) is 26.7 Å². The summed E-state index contributed by atoms with van der Waals surface area (Å²) in [5.74, 6) is -0.763.